The number of halogens is 2. The Morgan fingerprint density at radius 2 is 1.50 bits per heavy atom. The Morgan fingerprint density at radius 3 is 2.12 bits per heavy atom. The third kappa shape index (κ3) is 5.35. The summed E-state index contributed by atoms with van der Waals surface area (Å²) in [6.45, 7) is 0.673. The summed E-state index contributed by atoms with van der Waals surface area (Å²) in [4.78, 5) is 47.3. The van der Waals surface area contributed by atoms with Crippen molar-refractivity contribution in [3.8, 4) is 0 Å². The van der Waals surface area contributed by atoms with Gasteiger partial charge in [-0.1, -0.05) is 23.2 Å². The third-order valence-corrected chi connectivity index (χ3v) is 7.10. The quantitative estimate of drug-likeness (QED) is 0.666. The molecular weight excluding hydrogens is 477 g/mol. The van der Waals surface area contributed by atoms with E-state index >= 15 is 0 Å². The van der Waals surface area contributed by atoms with Gasteiger partial charge in [0.1, 0.15) is 0 Å². The van der Waals surface area contributed by atoms with E-state index in [-0.39, 0.29) is 28.9 Å². The van der Waals surface area contributed by atoms with E-state index in [1.165, 1.54) is 28.3 Å². The van der Waals surface area contributed by atoms with E-state index in [1.54, 1.807) is 24.3 Å². The molecule has 1 aromatic carbocycles. The Kier molecular flexibility index (Phi) is 7.70. The zero-order valence-corrected chi connectivity index (χ0v) is 20.1. The topological polar surface area (TPSA) is 109 Å². The number of nitrogens with two attached hydrogens (primary N) is 1. The maximum Gasteiger partial charge on any atom is 0.264 e. The Hall–Kier alpha value is -2.68. The van der Waals surface area contributed by atoms with Crippen molar-refractivity contribution in [3.63, 3.8) is 0 Å². The number of hydrogen-bond acceptors (Lipinski definition) is 5. The highest BCUT2D eigenvalue weighted by Gasteiger charge is 2.41. The van der Waals surface area contributed by atoms with Crippen LogP contribution in [-0.2, 0) is 4.79 Å². The zero-order chi connectivity index (χ0) is 24.2. The second-order valence-electron chi connectivity index (χ2n) is 8.71. The average Bonchev–Trinajstić information content (AvgIpc) is 2.86. The third-order valence-electron chi connectivity index (χ3n) is 6.36. The Morgan fingerprint density at radius 1 is 0.882 bits per heavy atom. The first-order valence-electron chi connectivity index (χ1n) is 11.4. The molecule has 3 amide bonds. The van der Waals surface area contributed by atoms with Crippen LogP contribution in [0.15, 0.2) is 42.7 Å². The van der Waals surface area contributed by atoms with Gasteiger partial charge in [-0.05, 0) is 62.4 Å². The highest BCUT2D eigenvalue weighted by molar-refractivity contribution is 6.42. The van der Waals surface area contributed by atoms with E-state index in [9.17, 15) is 14.4 Å². The first-order chi connectivity index (χ1) is 16.3. The van der Waals surface area contributed by atoms with Gasteiger partial charge in [0.05, 0.1) is 10.0 Å². The molecule has 0 bridgehead atoms. The van der Waals surface area contributed by atoms with Gasteiger partial charge >= 0.3 is 0 Å². The van der Waals surface area contributed by atoms with Crippen LogP contribution in [0.2, 0.25) is 10.0 Å². The van der Waals surface area contributed by atoms with Gasteiger partial charge in [0.15, 0.2) is 6.17 Å². The van der Waals surface area contributed by atoms with Crippen molar-refractivity contribution in [1.82, 2.24) is 20.1 Å². The number of rotatable bonds is 4. The zero-order valence-electron chi connectivity index (χ0n) is 18.6. The molecular formula is C24H27Cl2N5O3. The van der Waals surface area contributed by atoms with Crippen molar-refractivity contribution in [2.24, 2.45) is 5.73 Å². The standard InChI is InChI=1S/C24H27Cl2N5O3/c25-19-7-2-16(14-20(19)26)24(34)31-13-1-12-30(23(33)15-8-10-28-11-9-15)22(31)21(32)29-18-5-3-17(27)4-6-18/h2,7-11,14,17-18,22H,1,3-6,12-13,27H2,(H,29,32). The maximum absolute atomic E-state index is 13.6. The number of carbonyl (C=O) groups excluding carboxylic acids is 3. The van der Waals surface area contributed by atoms with Crippen molar-refractivity contribution in [2.75, 3.05) is 13.1 Å². The van der Waals surface area contributed by atoms with E-state index < -0.39 is 12.1 Å². The lowest BCUT2D eigenvalue weighted by Crippen LogP contribution is -2.64. The first-order valence-corrected chi connectivity index (χ1v) is 12.1. The summed E-state index contributed by atoms with van der Waals surface area (Å²) in [5.74, 6) is -1.10. The fourth-order valence-electron chi connectivity index (χ4n) is 4.53. The molecule has 180 valence electrons. The Labute approximate surface area is 208 Å². The number of amides is 3. The Balaban J connectivity index is 1.64. The molecule has 1 unspecified atom stereocenters. The van der Waals surface area contributed by atoms with E-state index in [4.69, 9.17) is 28.9 Å². The summed E-state index contributed by atoms with van der Waals surface area (Å²) in [5.41, 5.74) is 6.71. The van der Waals surface area contributed by atoms with Crippen molar-refractivity contribution >= 4 is 40.9 Å². The first kappa shape index (κ1) is 24.4. The second kappa shape index (κ2) is 10.7. The number of pyridine rings is 1. The van der Waals surface area contributed by atoms with E-state index in [0.717, 1.165) is 25.7 Å². The largest absolute Gasteiger partial charge is 0.350 e. The van der Waals surface area contributed by atoms with E-state index in [1.807, 2.05) is 0 Å². The number of carbonyl (C=O) groups is 3. The number of nitrogens with zero attached hydrogens (tertiary/aromatic N) is 3. The van der Waals surface area contributed by atoms with Crippen LogP contribution in [0.25, 0.3) is 0 Å². The van der Waals surface area contributed by atoms with Crippen molar-refractivity contribution < 1.29 is 14.4 Å². The van der Waals surface area contributed by atoms with Crippen LogP contribution >= 0.6 is 23.2 Å². The van der Waals surface area contributed by atoms with Crippen molar-refractivity contribution in [2.45, 2.75) is 50.4 Å². The number of aromatic nitrogens is 1. The predicted octanol–water partition coefficient (Wildman–Crippen LogP) is 3.09. The lowest BCUT2D eigenvalue weighted by molar-refractivity contribution is -0.133. The summed E-state index contributed by atoms with van der Waals surface area (Å²) in [5, 5.41) is 3.63. The predicted molar refractivity (Wildman–Crippen MR) is 130 cm³/mol. The lowest BCUT2D eigenvalue weighted by atomic mass is 9.91. The van der Waals surface area contributed by atoms with Crippen LogP contribution in [0.1, 0.15) is 52.8 Å². The molecule has 10 heteroatoms. The molecule has 1 saturated heterocycles. The average molecular weight is 504 g/mol. The van der Waals surface area contributed by atoms with Crippen LogP contribution in [0.4, 0.5) is 0 Å². The monoisotopic (exact) mass is 503 g/mol. The van der Waals surface area contributed by atoms with Crippen molar-refractivity contribution in [1.29, 1.82) is 0 Å². The number of hydrogen-bond donors (Lipinski definition) is 2. The molecule has 1 aromatic heterocycles. The van der Waals surface area contributed by atoms with Gasteiger partial charge in [-0.15, -0.1) is 0 Å². The van der Waals surface area contributed by atoms with Gasteiger partial charge in [0.2, 0.25) is 0 Å². The molecule has 3 N–H and O–H groups in total. The van der Waals surface area contributed by atoms with Gasteiger partial charge < -0.3 is 20.9 Å². The number of benzene rings is 1. The van der Waals surface area contributed by atoms with E-state index in [2.05, 4.69) is 10.3 Å². The van der Waals surface area contributed by atoms with E-state index in [0.29, 0.717) is 35.7 Å². The molecule has 1 aliphatic carbocycles. The minimum Gasteiger partial charge on any atom is -0.350 e. The molecule has 2 aliphatic rings. The minimum atomic E-state index is -1.09. The van der Waals surface area contributed by atoms with Gasteiger partial charge in [0, 0.05) is 48.7 Å². The molecule has 0 radical (unpaired) electrons. The molecule has 0 spiro atoms. The smallest absolute Gasteiger partial charge is 0.264 e. The molecule has 1 aliphatic heterocycles. The number of nitrogens with one attached hydrogen (secondary N) is 1. The summed E-state index contributed by atoms with van der Waals surface area (Å²) < 4.78 is 0. The van der Waals surface area contributed by atoms with Gasteiger partial charge in [-0.3, -0.25) is 19.4 Å². The molecule has 1 atom stereocenters. The van der Waals surface area contributed by atoms with Crippen LogP contribution in [0.3, 0.4) is 0 Å². The highest BCUT2D eigenvalue weighted by Crippen LogP contribution is 2.26. The van der Waals surface area contributed by atoms with Gasteiger partial charge in [0.25, 0.3) is 17.7 Å². The normalized spacial score (nSPS) is 22.9. The molecule has 34 heavy (non-hydrogen) atoms. The molecule has 2 fully saturated rings. The maximum atomic E-state index is 13.6. The molecule has 4 rings (SSSR count). The van der Waals surface area contributed by atoms with Gasteiger partial charge in [-0.2, -0.15) is 0 Å². The second-order valence-corrected chi connectivity index (χ2v) is 9.52. The van der Waals surface area contributed by atoms with Crippen molar-refractivity contribution in [3.05, 3.63) is 63.9 Å². The summed E-state index contributed by atoms with van der Waals surface area (Å²) >= 11 is 12.1. The summed E-state index contributed by atoms with van der Waals surface area (Å²) in [6, 6.07) is 7.88. The van der Waals surface area contributed by atoms with Crippen LogP contribution < -0.4 is 11.1 Å². The highest BCUT2D eigenvalue weighted by atomic mass is 35.5. The summed E-state index contributed by atoms with van der Waals surface area (Å²) in [7, 11) is 0. The van der Waals surface area contributed by atoms with Crippen LogP contribution in [0.5, 0.6) is 0 Å². The molecule has 1 saturated carbocycles. The molecule has 2 aromatic rings. The van der Waals surface area contributed by atoms with Gasteiger partial charge in [-0.25, -0.2) is 0 Å². The SMILES string of the molecule is NC1CCC(NC(=O)C2N(C(=O)c3ccncc3)CCCN2C(=O)c2ccc(Cl)c(Cl)c2)CC1. The molecule has 8 nitrogen and oxygen atoms in total. The Bertz CT molecular complexity index is 1060. The molecule has 2 heterocycles. The van der Waals surface area contributed by atoms with Crippen LogP contribution in [0, 0.1) is 0 Å². The minimum absolute atomic E-state index is 0.0472. The summed E-state index contributed by atoms with van der Waals surface area (Å²) in [6.07, 6.45) is 5.66. The fourth-order valence-corrected chi connectivity index (χ4v) is 4.83. The van der Waals surface area contributed by atoms with Crippen LogP contribution in [-0.4, -0.2) is 63.8 Å². The lowest BCUT2D eigenvalue weighted by Gasteiger charge is -2.43. The fraction of sp³-hybridized carbons (Fsp3) is 0.417.